The van der Waals surface area contributed by atoms with Gasteiger partial charge in [0.05, 0.1) is 11.6 Å². The van der Waals surface area contributed by atoms with Crippen molar-refractivity contribution in [3.05, 3.63) is 59.7 Å². The van der Waals surface area contributed by atoms with E-state index in [2.05, 4.69) is 6.07 Å². The molecule has 0 spiro atoms. The highest BCUT2D eigenvalue weighted by Gasteiger charge is 2.09. The maximum atomic E-state index is 11.6. The third-order valence-electron chi connectivity index (χ3n) is 2.61. The normalized spacial score (nSPS) is 9.65. The molecular weight excluding hydrogens is 210 g/mol. The number of rotatable bonds is 2. The van der Waals surface area contributed by atoms with Crippen LogP contribution in [0.1, 0.15) is 22.8 Å². The Morgan fingerprint density at radius 2 is 1.82 bits per heavy atom. The van der Waals surface area contributed by atoms with Crippen LogP contribution in [0.15, 0.2) is 48.5 Å². The van der Waals surface area contributed by atoms with Crippen molar-refractivity contribution >= 4 is 5.78 Å². The summed E-state index contributed by atoms with van der Waals surface area (Å²) in [5.74, 6) is 0.00772. The molecule has 0 aromatic heterocycles. The lowest BCUT2D eigenvalue weighted by molar-refractivity contribution is 0.101. The van der Waals surface area contributed by atoms with E-state index in [9.17, 15) is 4.79 Å². The zero-order chi connectivity index (χ0) is 12.3. The second kappa shape index (κ2) is 4.63. The third kappa shape index (κ3) is 2.24. The smallest absolute Gasteiger partial charge is 0.160 e. The predicted octanol–water partition coefficient (Wildman–Crippen LogP) is 3.43. The number of hydrogen-bond donors (Lipinski definition) is 0. The first kappa shape index (κ1) is 11.1. The summed E-state index contributed by atoms with van der Waals surface area (Å²) in [7, 11) is 0. The van der Waals surface area contributed by atoms with Crippen LogP contribution in [-0.2, 0) is 0 Å². The van der Waals surface area contributed by atoms with E-state index in [1.54, 1.807) is 18.2 Å². The standard InChI is InChI=1S/C15H11NO/c1-11(17)14-8-7-12(10-16)9-15(14)13-5-3-2-4-6-13/h2-9H,1H3. The minimum atomic E-state index is 0.00772. The molecule has 0 saturated carbocycles. The van der Waals surface area contributed by atoms with Crippen molar-refractivity contribution in [2.24, 2.45) is 0 Å². The highest BCUT2D eigenvalue weighted by atomic mass is 16.1. The Balaban J connectivity index is 2.66. The van der Waals surface area contributed by atoms with E-state index in [1.807, 2.05) is 30.3 Å². The van der Waals surface area contributed by atoms with Crippen molar-refractivity contribution in [1.29, 1.82) is 5.26 Å². The van der Waals surface area contributed by atoms with Gasteiger partial charge in [0.25, 0.3) is 0 Å². The largest absolute Gasteiger partial charge is 0.294 e. The number of carbonyl (C=O) groups is 1. The van der Waals surface area contributed by atoms with Gasteiger partial charge in [-0.2, -0.15) is 5.26 Å². The summed E-state index contributed by atoms with van der Waals surface area (Å²) in [6, 6.07) is 16.8. The van der Waals surface area contributed by atoms with Gasteiger partial charge >= 0.3 is 0 Å². The molecule has 0 bridgehead atoms. The lowest BCUT2D eigenvalue weighted by atomic mass is 9.95. The number of nitrogens with zero attached hydrogens (tertiary/aromatic N) is 1. The Kier molecular flexibility index (Phi) is 3.02. The van der Waals surface area contributed by atoms with Gasteiger partial charge in [0.15, 0.2) is 5.78 Å². The minimum absolute atomic E-state index is 0.00772. The highest BCUT2D eigenvalue weighted by Crippen LogP contribution is 2.25. The molecule has 0 aliphatic carbocycles. The molecule has 0 saturated heterocycles. The molecule has 0 radical (unpaired) electrons. The first-order valence-corrected chi connectivity index (χ1v) is 5.33. The predicted molar refractivity (Wildman–Crippen MR) is 66.6 cm³/mol. The van der Waals surface area contributed by atoms with Crippen molar-refractivity contribution in [2.75, 3.05) is 0 Å². The SMILES string of the molecule is CC(=O)c1ccc(C#N)cc1-c1ccccc1. The van der Waals surface area contributed by atoms with E-state index in [0.717, 1.165) is 11.1 Å². The van der Waals surface area contributed by atoms with Crippen molar-refractivity contribution < 1.29 is 4.79 Å². The van der Waals surface area contributed by atoms with E-state index >= 15 is 0 Å². The van der Waals surface area contributed by atoms with Gasteiger partial charge in [0.2, 0.25) is 0 Å². The summed E-state index contributed by atoms with van der Waals surface area (Å²) in [5, 5.41) is 8.90. The summed E-state index contributed by atoms with van der Waals surface area (Å²) in [5.41, 5.74) is 2.98. The maximum absolute atomic E-state index is 11.6. The summed E-state index contributed by atoms with van der Waals surface area (Å²) in [4.78, 5) is 11.6. The van der Waals surface area contributed by atoms with Gasteiger partial charge in [0.1, 0.15) is 0 Å². The second-order valence-electron chi connectivity index (χ2n) is 3.79. The average molecular weight is 221 g/mol. The van der Waals surface area contributed by atoms with E-state index in [0.29, 0.717) is 11.1 Å². The first-order valence-electron chi connectivity index (χ1n) is 5.33. The van der Waals surface area contributed by atoms with Gasteiger partial charge in [0, 0.05) is 5.56 Å². The molecule has 17 heavy (non-hydrogen) atoms. The molecule has 2 aromatic carbocycles. The van der Waals surface area contributed by atoms with Gasteiger partial charge < -0.3 is 0 Å². The molecule has 0 unspecified atom stereocenters. The van der Waals surface area contributed by atoms with Gasteiger partial charge in [-0.15, -0.1) is 0 Å². The highest BCUT2D eigenvalue weighted by molar-refractivity contribution is 6.01. The van der Waals surface area contributed by atoms with E-state index in [1.165, 1.54) is 6.92 Å². The summed E-state index contributed by atoms with van der Waals surface area (Å²) in [6.07, 6.45) is 0. The average Bonchev–Trinajstić information content (AvgIpc) is 2.39. The molecule has 0 atom stereocenters. The topological polar surface area (TPSA) is 40.9 Å². The molecular formula is C15H11NO. The zero-order valence-electron chi connectivity index (χ0n) is 9.47. The lowest BCUT2D eigenvalue weighted by Crippen LogP contribution is -1.96. The molecule has 0 fully saturated rings. The van der Waals surface area contributed by atoms with Crippen LogP contribution in [0, 0.1) is 11.3 Å². The quantitative estimate of drug-likeness (QED) is 0.729. The lowest BCUT2D eigenvalue weighted by Gasteiger charge is -2.07. The molecule has 2 heteroatoms. The second-order valence-corrected chi connectivity index (χ2v) is 3.79. The number of benzene rings is 2. The Hall–Kier alpha value is -2.40. The van der Waals surface area contributed by atoms with Crippen LogP contribution < -0.4 is 0 Å². The molecule has 2 rings (SSSR count). The Morgan fingerprint density at radius 3 is 2.41 bits per heavy atom. The molecule has 82 valence electrons. The minimum Gasteiger partial charge on any atom is -0.294 e. The Labute approximate surface area is 100 Å². The summed E-state index contributed by atoms with van der Waals surface area (Å²) in [6.45, 7) is 1.54. The van der Waals surface area contributed by atoms with Crippen molar-refractivity contribution in [3.63, 3.8) is 0 Å². The summed E-state index contributed by atoms with van der Waals surface area (Å²) >= 11 is 0. The van der Waals surface area contributed by atoms with Gasteiger partial charge in [-0.1, -0.05) is 30.3 Å². The maximum Gasteiger partial charge on any atom is 0.160 e. The van der Waals surface area contributed by atoms with Gasteiger partial charge in [-0.25, -0.2) is 0 Å². The third-order valence-corrected chi connectivity index (χ3v) is 2.61. The fraction of sp³-hybridized carbons (Fsp3) is 0.0667. The van der Waals surface area contributed by atoms with Crippen LogP contribution in [0.3, 0.4) is 0 Å². The molecule has 2 nitrogen and oxygen atoms in total. The van der Waals surface area contributed by atoms with E-state index < -0.39 is 0 Å². The van der Waals surface area contributed by atoms with Crippen LogP contribution in [-0.4, -0.2) is 5.78 Å². The number of hydrogen-bond acceptors (Lipinski definition) is 2. The molecule has 0 N–H and O–H groups in total. The molecule has 0 aliphatic rings. The fourth-order valence-corrected chi connectivity index (χ4v) is 1.78. The van der Waals surface area contributed by atoms with Crippen LogP contribution in [0.25, 0.3) is 11.1 Å². The van der Waals surface area contributed by atoms with Crippen LogP contribution in [0.4, 0.5) is 0 Å². The first-order chi connectivity index (χ1) is 8.22. The number of nitriles is 1. The molecule has 0 heterocycles. The Bertz CT molecular complexity index is 594. The zero-order valence-corrected chi connectivity index (χ0v) is 9.47. The monoisotopic (exact) mass is 221 g/mol. The fourth-order valence-electron chi connectivity index (χ4n) is 1.78. The van der Waals surface area contributed by atoms with Crippen LogP contribution in [0.2, 0.25) is 0 Å². The molecule has 2 aromatic rings. The van der Waals surface area contributed by atoms with Crippen molar-refractivity contribution in [1.82, 2.24) is 0 Å². The van der Waals surface area contributed by atoms with E-state index in [-0.39, 0.29) is 5.78 Å². The van der Waals surface area contributed by atoms with E-state index in [4.69, 9.17) is 5.26 Å². The van der Waals surface area contributed by atoms with Crippen LogP contribution in [0.5, 0.6) is 0 Å². The van der Waals surface area contributed by atoms with Gasteiger partial charge in [-0.05, 0) is 36.2 Å². The number of carbonyl (C=O) groups excluding carboxylic acids is 1. The molecule has 0 aliphatic heterocycles. The molecule has 0 amide bonds. The van der Waals surface area contributed by atoms with Crippen LogP contribution >= 0.6 is 0 Å². The van der Waals surface area contributed by atoms with Crippen molar-refractivity contribution in [3.8, 4) is 17.2 Å². The van der Waals surface area contributed by atoms with Gasteiger partial charge in [-0.3, -0.25) is 4.79 Å². The van der Waals surface area contributed by atoms with Crippen molar-refractivity contribution in [2.45, 2.75) is 6.92 Å². The number of Topliss-reactive ketones (excluding diaryl/α,β-unsaturated/α-hetero) is 1. The Morgan fingerprint density at radius 1 is 1.12 bits per heavy atom. The number of ketones is 1. The summed E-state index contributed by atoms with van der Waals surface area (Å²) < 4.78 is 0.